The zero-order chi connectivity index (χ0) is 25.7. The highest BCUT2D eigenvalue weighted by Gasteiger charge is 2.18. The second kappa shape index (κ2) is 12.0. The summed E-state index contributed by atoms with van der Waals surface area (Å²) >= 11 is 16.5. The highest BCUT2D eigenvalue weighted by atomic mass is 79.9. The van der Waals surface area contributed by atoms with Crippen LogP contribution in [0.25, 0.3) is 17.5 Å². The summed E-state index contributed by atoms with van der Waals surface area (Å²) in [5, 5.41) is 20.2. The minimum Gasteiger partial charge on any atom is -0.488 e. The van der Waals surface area contributed by atoms with E-state index < -0.39 is 5.97 Å². The summed E-state index contributed by atoms with van der Waals surface area (Å²) in [6.07, 6.45) is 1.59. The van der Waals surface area contributed by atoms with Crippen LogP contribution in [0.1, 0.15) is 18.1 Å². The maximum Gasteiger partial charge on any atom is 0.342 e. The predicted molar refractivity (Wildman–Crippen MR) is 148 cm³/mol. The molecule has 0 aliphatic carbocycles. The molecular formula is C26H20BrCl2N3O3S. The lowest BCUT2D eigenvalue weighted by Gasteiger charge is -2.10. The molecule has 1 N–H and O–H groups in total. The normalized spacial score (nSPS) is 11.5. The zero-order valence-electron chi connectivity index (χ0n) is 19.0. The summed E-state index contributed by atoms with van der Waals surface area (Å²) in [5.41, 5.74) is 2.53. The molecule has 0 aliphatic rings. The Morgan fingerprint density at radius 3 is 2.33 bits per heavy atom. The van der Waals surface area contributed by atoms with Gasteiger partial charge in [-0.15, -0.1) is 10.2 Å². The van der Waals surface area contributed by atoms with Gasteiger partial charge in [-0.25, -0.2) is 4.79 Å². The Kier molecular flexibility index (Phi) is 8.74. The van der Waals surface area contributed by atoms with Gasteiger partial charge in [0.25, 0.3) is 0 Å². The number of carboxylic acids is 1. The molecule has 4 aromatic rings. The number of benzene rings is 3. The van der Waals surface area contributed by atoms with Crippen molar-refractivity contribution in [1.82, 2.24) is 14.8 Å². The van der Waals surface area contributed by atoms with Crippen molar-refractivity contribution in [2.45, 2.75) is 25.2 Å². The van der Waals surface area contributed by atoms with Crippen molar-refractivity contribution in [3.05, 3.63) is 97.3 Å². The highest BCUT2D eigenvalue weighted by Crippen LogP contribution is 2.33. The number of ether oxygens (including phenoxy) is 1. The number of halogens is 3. The van der Waals surface area contributed by atoms with Crippen LogP contribution >= 0.6 is 50.9 Å². The molecule has 0 saturated heterocycles. The Morgan fingerprint density at radius 2 is 1.72 bits per heavy atom. The number of carbonyl (C=O) groups is 1. The first-order valence-corrected chi connectivity index (χ1v) is 13.2. The van der Waals surface area contributed by atoms with E-state index in [1.165, 1.54) is 0 Å². The first-order chi connectivity index (χ1) is 17.3. The number of hydrogen-bond acceptors (Lipinski definition) is 5. The van der Waals surface area contributed by atoms with Gasteiger partial charge in [-0.05, 0) is 100 Å². The lowest BCUT2D eigenvalue weighted by atomic mass is 10.2. The maximum absolute atomic E-state index is 12.1. The molecule has 0 fully saturated rings. The van der Waals surface area contributed by atoms with Gasteiger partial charge >= 0.3 is 5.97 Å². The molecule has 0 spiro atoms. The van der Waals surface area contributed by atoms with E-state index >= 15 is 0 Å². The van der Waals surface area contributed by atoms with Crippen LogP contribution in [0.3, 0.4) is 0 Å². The van der Waals surface area contributed by atoms with Gasteiger partial charge in [-0.2, -0.15) is 0 Å². The summed E-state index contributed by atoms with van der Waals surface area (Å²) in [6, 6.07) is 20.1. The fourth-order valence-corrected chi connectivity index (χ4v) is 4.96. The van der Waals surface area contributed by atoms with E-state index in [2.05, 4.69) is 26.1 Å². The number of hydrogen-bond donors (Lipinski definition) is 1. The number of aliphatic carboxylic acids is 1. The van der Waals surface area contributed by atoms with Gasteiger partial charge in [0.15, 0.2) is 11.0 Å². The lowest BCUT2D eigenvalue weighted by Crippen LogP contribution is -2.02. The fraction of sp³-hybridized carbons (Fsp3) is 0.115. The van der Waals surface area contributed by atoms with Gasteiger partial charge < -0.3 is 14.4 Å². The summed E-state index contributed by atoms with van der Waals surface area (Å²) in [4.78, 5) is 12.2. The van der Waals surface area contributed by atoms with Gasteiger partial charge in [-0.3, -0.25) is 0 Å². The van der Waals surface area contributed by atoms with Gasteiger partial charge in [0.1, 0.15) is 17.3 Å². The largest absolute Gasteiger partial charge is 0.488 e. The monoisotopic (exact) mass is 603 g/mol. The van der Waals surface area contributed by atoms with Crippen LogP contribution < -0.4 is 4.74 Å². The van der Waals surface area contributed by atoms with Gasteiger partial charge in [0.05, 0.1) is 4.47 Å². The molecule has 6 nitrogen and oxygen atoms in total. The number of rotatable bonds is 9. The average Bonchev–Trinajstić information content (AvgIpc) is 3.27. The smallest absolute Gasteiger partial charge is 0.342 e. The van der Waals surface area contributed by atoms with Crippen LogP contribution in [0.4, 0.5) is 0 Å². The Labute approximate surface area is 231 Å². The molecule has 1 aromatic heterocycles. The summed E-state index contributed by atoms with van der Waals surface area (Å²) in [6.45, 7) is 2.91. The maximum atomic E-state index is 12.1. The SMILES string of the molecule is CCn1c(S/C(=C\c2ccc(OCc3ccc(Cl)cc3)c(Br)c2)C(=O)O)nnc1-c1ccc(Cl)cc1. The molecule has 36 heavy (non-hydrogen) atoms. The van der Waals surface area contributed by atoms with Crippen molar-refractivity contribution in [2.24, 2.45) is 0 Å². The molecule has 10 heteroatoms. The Morgan fingerprint density at radius 1 is 1.06 bits per heavy atom. The van der Waals surface area contributed by atoms with Crippen molar-refractivity contribution < 1.29 is 14.6 Å². The molecule has 4 rings (SSSR count). The van der Waals surface area contributed by atoms with Crippen molar-refractivity contribution in [1.29, 1.82) is 0 Å². The molecule has 184 valence electrons. The third-order valence-electron chi connectivity index (χ3n) is 5.11. The van der Waals surface area contributed by atoms with Crippen molar-refractivity contribution >= 4 is 62.9 Å². The number of nitrogens with zero attached hydrogens (tertiary/aromatic N) is 3. The minimum absolute atomic E-state index is 0.112. The quantitative estimate of drug-likeness (QED) is 0.155. The Balaban J connectivity index is 1.53. The molecule has 3 aromatic carbocycles. The van der Waals surface area contributed by atoms with E-state index in [1.807, 2.05) is 54.0 Å². The fourth-order valence-electron chi connectivity index (χ4n) is 3.31. The Hall–Kier alpha value is -2.78. The number of thioether (sulfide) groups is 1. The summed E-state index contributed by atoms with van der Waals surface area (Å²) < 4.78 is 8.47. The molecule has 0 aliphatic heterocycles. The van der Waals surface area contributed by atoms with E-state index in [0.717, 1.165) is 22.9 Å². The van der Waals surface area contributed by atoms with Gasteiger partial charge in [-0.1, -0.05) is 41.4 Å². The second-order valence-electron chi connectivity index (χ2n) is 7.58. The third-order valence-corrected chi connectivity index (χ3v) is 7.23. The molecule has 0 unspecified atom stereocenters. The summed E-state index contributed by atoms with van der Waals surface area (Å²) in [5.74, 6) is 0.231. The van der Waals surface area contributed by atoms with E-state index in [-0.39, 0.29) is 4.91 Å². The molecule has 0 saturated carbocycles. The van der Waals surface area contributed by atoms with E-state index in [0.29, 0.717) is 50.0 Å². The van der Waals surface area contributed by atoms with Gasteiger partial charge in [0.2, 0.25) is 0 Å². The van der Waals surface area contributed by atoms with Crippen LogP contribution in [-0.4, -0.2) is 25.8 Å². The van der Waals surface area contributed by atoms with E-state index in [9.17, 15) is 9.90 Å². The van der Waals surface area contributed by atoms with Crippen molar-refractivity contribution in [3.8, 4) is 17.1 Å². The first kappa shape index (κ1) is 26.3. The van der Waals surface area contributed by atoms with Gasteiger partial charge in [0, 0.05) is 22.2 Å². The van der Waals surface area contributed by atoms with Crippen LogP contribution in [0.15, 0.2) is 81.3 Å². The molecular weight excluding hydrogens is 585 g/mol. The topological polar surface area (TPSA) is 77.2 Å². The molecule has 1 heterocycles. The minimum atomic E-state index is -1.06. The van der Waals surface area contributed by atoms with E-state index in [1.54, 1.807) is 30.3 Å². The lowest BCUT2D eigenvalue weighted by molar-refractivity contribution is -0.131. The van der Waals surface area contributed by atoms with Crippen LogP contribution in [0.5, 0.6) is 5.75 Å². The van der Waals surface area contributed by atoms with Crippen LogP contribution in [-0.2, 0) is 17.9 Å². The molecule has 0 atom stereocenters. The average molecular weight is 605 g/mol. The molecule has 0 amide bonds. The summed E-state index contributed by atoms with van der Waals surface area (Å²) in [7, 11) is 0. The molecule has 0 radical (unpaired) electrons. The second-order valence-corrected chi connectivity index (χ2v) is 10.3. The van der Waals surface area contributed by atoms with Crippen molar-refractivity contribution in [3.63, 3.8) is 0 Å². The van der Waals surface area contributed by atoms with E-state index in [4.69, 9.17) is 27.9 Å². The van der Waals surface area contributed by atoms with Crippen LogP contribution in [0.2, 0.25) is 10.0 Å². The zero-order valence-corrected chi connectivity index (χ0v) is 22.9. The third kappa shape index (κ3) is 6.50. The number of carboxylic acid groups (broad SMARTS) is 1. The Bertz CT molecular complexity index is 1410. The predicted octanol–water partition coefficient (Wildman–Crippen LogP) is 7.83. The standard InChI is InChI=1S/C26H20BrCl2N3O3S/c1-2-32-24(18-6-10-20(29)11-7-18)30-31-26(32)36-23(25(33)34)14-17-5-12-22(21(27)13-17)35-15-16-3-8-19(28)9-4-16/h3-14H,2,15H2,1H3,(H,33,34)/b23-14-. The number of aromatic nitrogens is 3. The molecule has 0 bridgehead atoms. The highest BCUT2D eigenvalue weighted by molar-refractivity contribution is 9.10. The van der Waals surface area contributed by atoms with Crippen LogP contribution in [0, 0.1) is 0 Å². The first-order valence-electron chi connectivity index (χ1n) is 10.8. The van der Waals surface area contributed by atoms with Crippen molar-refractivity contribution in [2.75, 3.05) is 0 Å².